The molecule has 5 heteroatoms. The Hall–Kier alpha value is -1.10. The van der Waals surface area contributed by atoms with E-state index < -0.39 is 0 Å². The number of carbonyl (C=O) groups is 2. The fraction of sp³-hybridized carbons (Fsp3) is 0.846. The summed E-state index contributed by atoms with van der Waals surface area (Å²) in [7, 11) is 0. The number of amides is 2. The van der Waals surface area contributed by atoms with Crippen LogP contribution in [0.1, 0.15) is 45.4 Å². The smallest absolute Gasteiger partial charge is 0.223 e. The lowest BCUT2D eigenvalue weighted by Gasteiger charge is -2.23. The predicted molar refractivity (Wildman–Crippen MR) is 70.9 cm³/mol. The molecule has 4 N–H and O–H groups in total. The molecule has 1 aliphatic carbocycles. The van der Waals surface area contributed by atoms with E-state index in [0.29, 0.717) is 25.9 Å². The fourth-order valence-electron chi connectivity index (χ4n) is 1.79. The van der Waals surface area contributed by atoms with Gasteiger partial charge in [-0.3, -0.25) is 9.59 Å². The first-order chi connectivity index (χ1) is 8.59. The van der Waals surface area contributed by atoms with E-state index in [4.69, 9.17) is 5.73 Å². The van der Waals surface area contributed by atoms with Crippen LogP contribution in [-0.2, 0) is 9.59 Å². The number of nitrogens with one attached hydrogen (secondary N) is 2. The van der Waals surface area contributed by atoms with Crippen molar-refractivity contribution in [2.24, 2.45) is 11.7 Å². The molecular formula is C13H25N3O2. The lowest BCUT2D eigenvalue weighted by atomic mass is 9.85. The monoisotopic (exact) mass is 255 g/mol. The van der Waals surface area contributed by atoms with Gasteiger partial charge < -0.3 is 16.4 Å². The first-order valence-corrected chi connectivity index (χ1v) is 6.89. The molecule has 0 saturated heterocycles. The number of nitrogens with two attached hydrogens (primary N) is 1. The van der Waals surface area contributed by atoms with Crippen LogP contribution in [0.5, 0.6) is 0 Å². The van der Waals surface area contributed by atoms with Gasteiger partial charge >= 0.3 is 0 Å². The maximum atomic E-state index is 11.5. The van der Waals surface area contributed by atoms with Crippen molar-refractivity contribution in [3.8, 4) is 0 Å². The molecule has 0 aromatic rings. The Labute approximate surface area is 109 Å². The van der Waals surface area contributed by atoms with Crippen molar-refractivity contribution < 1.29 is 9.59 Å². The van der Waals surface area contributed by atoms with E-state index in [1.165, 1.54) is 6.42 Å². The largest absolute Gasteiger partial charge is 0.356 e. The van der Waals surface area contributed by atoms with E-state index in [-0.39, 0.29) is 23.8 Å². The third-order valence-corrected chi connectivity index (χ3v) is 3.28. The second-order valence-electron chi connectivity index (χ2n) is 5.14. The molecule has 0 radical (unpaired) electrons. The number of rotatable bonds is 8. The van der Waals surface area contributed by atoms with Gasteiger partial charge in [-0.25, -0.2) is 0 Å². The molecule has 0 aromatic carbocycles. The molecule has 0 aromatic heterocycles. The van der Waals surface area contributed by atoms with E-state index >= 15 is 0 Å². The van der Waals surface area contributed by atoms with E-state index in [9.17, 15) is 9.59 Å². The van der Waals surface area contributed by atoms with Gasteiger partial charge in [0.2, 0.25) is 11.8 Å². The third kappa shape index (κ3) is 6.00. The zero-order chi connectivity index (χ0) is 13.4. The minimum atomic E-state index is 0.0395. The summed E-state index contributed by atoms with van der Waals surface area (Å²) < 4.78 is 0. The normalized spacial score (nSPS) is 16.8. The van der Waals surface area contributed by atoms with Crippen molar-refractivity contribution >= 4 is 11.8 Å². The van der Waals surface area contributed by atoms with Crippen molar-refractivity contribution in [3.63, 3.8) is 0 Å². The molecular weight excluding hydrogens is 230 g/mol. The van der Waals surface area contributed by atoms with Gasteiger partial charge in [-0.05, 0) is 32.6 Å². The van der Waals surface area contributed by atoms with Crippen molar-refractivity contribution in [2.75, 3.05) is 13.1 Å². The summed E-state index contributed by atoms with van der Waals surface area (Å²) in [6.07, 6.45) is 5.20. The van der Waals surface area contributed by atoms with Gasteiger partial charge in [-0.2, -0.15) is 0 Å². The number of hydrogen-bond acceptors (Lipinski definition) is 3. The summed E-state index contributed by atoms with van der Waals surface area (Å²) in [6, 6.07) is 0.0671. The van der Waals surface area contributed by atoms with E-state index in [2.05, 4.69) is 10.6 Å². The van der Waals surface area contributed by atoms with E-state index in [1.807, 2.05) is 6.92 Å². The van der Waals surface area contributed by atoms with Crippen LogP contribution >= 0.6 is 0 Å². The van der Waals surface area contributed by atoms with E-state index in [0.717, 1.165) is 19.3 Å². The molecule has 1 aliphatic rings. The second kappa shape index (κ2) is 8.08. The minimum absolute atomic E-state index is 0.0395. The van der Waals surface area contributed by atoms with Crippen LogP contribution in [0.2, 0.25) is 0 Å². The van der Waals surface area contributed by atoms with Crippen LogP contribution in [0, 0.1) is 5.92 Å². The van der Waals surface area contributed by atoms with Crippen molar-refractivity contribution in [2.45, 2.75) is 51.5 Å². The Kier molecular flexibility index (Phi) is 6.72. The summed E-state index contributed by atoms with van der Waals surface area (Å²) in [5, 5.41) is 5.72. The summed E-state index contributed by atoms with van der Waals surface area (Å²) in [4.78, 5) is 22.8. The van der Waals surface area contributed by atoms with Gasteiger partial charge in [-0.1, -0.05) is 6.42 Å². The van der Waals surface area contributed by atoms with Crippen LogP contribution in [-0.4, -0.2) is 30.9 Å². The third-order valence-electron chi connectivity index (χ3n) is 3.28. The maximum absolute atomic E-state index is 11.5. The van der Waals surface area contributed by atoms with Crippen LogP contribution in [0.25, 0.3) is 0 Å². The Morgan fingerprint density at radius 1 is 1.28 bits per heavy atom. The molecule has 18 heavy (non-hydrogen) atoms. The standard InChI is InChI=1S/C13H25N3O2/c1-10(14)6-7-12(17)15-8-3-9-16-13(18)11-4-2-5-11/h10-11H,2-9,14H2,1H3,(H,15,17)(H,16,18). The zero-order valence-corrected chi connectivity index (χ0v) is 11.2. The molecule has 104 valence electrons. The van der Waals surface area contributed by atoms with Crippen molar-refractivity contribution in [3.05, 3.63) is 0 Å². The Bertz CT molecular complexity index is 275. The van der Waals surface area contributed by atoms with Gasteiger partial charge in [0.25, 0.3) is 0 Å². The Balaban J connectivity index is 1.91. The fourth-order valence-corrected chi connectivity index (χ4v) is 1.79. The molecule has 5 nitrogen and oxygen atoms in total. The Morgan fingerprint density at radius 3 is 2.50 bits per heavy atom. The lowest BCUT2D eigenvalue weighted by Crippen LogP contribution is -2.36. The number of carbonyl (C=O) groups excluding carboxylic acids is 2. The molecule has 0 aliphatic heterocycles. The molecule has 0 spiro atoms. The molecule has 1 atom stereocenters. The summed E-state index contributed by atoms with van der Waals surface area (Å²) in [6.45, 7) is 3.15. The highest BCUT2D eigenvalue weighted by Gasteiger charge is 2.24. The zero-order valence-electron chi connectivity index (χ0n) is 11.2. The topological polar surface area (TPSA) is 84.2 Å². The summed E-state index contributed by atoms with van der Waals surface area (Å²) in [5.74, 6) is 0.452. The van der Waals surface area contributed by atoms with Gasteiger partial charge in [0.05, 0.1) is 0 Å². The summed E-state index contributed by atoms with van der Waals surface area (Å²) >= 11 is 0. The maximum Gasteiger partial charge on any atom is 0.223 e. The van der Waals surface area contributed by atoms with Crippen molar-refractivity contribution in [1.82, 2.24) is 10.6 Å². The van der Waals surface area contributed by atoms with Crippen molar-refractivity contribution in [1.29, 1.82) is 0 Å². The molecule has 1 unspecified atom stereocenters. The van der Waals surface area contributed by atoms with Crippen LogP contribution in [0.3, 0.4) is 0 Å². The lowest BCUT2D eigenvalue weighted by molar-refractivity contribution is -0.127. The van der Waals surface area contributed by atoms with Gasteiger partial charge in [0.1, 0.15) is 0 Å². The molecule has 2 amide bonds. The molecule has 1 rings (SSSR count). The van der Waals surface area contributed by atoms with Crippen LogP contribution < -0.4 is 16.4 Å². The molecule has 1 saturated carbocycles. The molecule has 0 bridgehead atoms. The first-order valence-electron chi connectivity index (χ1n) is 6.89. The minimum Gasteiger partial charge on any atom is -0.356 e. The predicted octanol–water partition coefficient (Wildman–Crippen LogP) is 0.536. The highest BCUT2D eigenvalue weighted by molar-refractivity contribution is 5.79. The van der Waals surface area contributed by atoms with Crippen LogP contribution in [0.15, 0.2) is 0 Å². The molecule has 0 heterocycles. The highest BCUT2D eigenvalue weighted by Crippen LogP contribution is 2.25. The van der Waals surface area contributed by atoms with Crippen LogP contribution in [0.4, 0.5) is 0 Å². The average Bonchev–Trinajstić information content (AvgIpc) is 2.23. The average molecular weight is 255 g/mol. The van der Waals surface area contributed by atoms with Gasteiger partial charge in [0, 0.05) is 31.5 Å². The first kappa shape index (κ1) is 15.0. The Morgan fingerprint density at radius 2 is 1.94 bits per heavy atom. The second-order valence-corrected chi connectivity index (χ2v) is 5.14. The summed E-state index contributed by atoms with van der Waals surface area (Å²) in [5.41, 5.74) is 5.57. The number of hydrogen-bond donors (Lipinski definition) is 3. The highest BCUT2D eigenvalue weighted by atomic mass is 16.2. The van der Waals surface area contributed by atoms with E-state index in [1.54, 1.807) is 0 Å². The molecule has 1 fully saturated rings. The quantitative estimate of drug-likeness (QED) is 0.553. The van der Waals surface area contributed by atoms with Gasteiger partial charge in [0.15, 0.2) is 0 Å². The van der Waals surface area contributed by atoms with Gasteiger partial charge in [-0.15, -0.1) is 0 Å². The SMILES string of the molecule is CC(N)CCC(=O)NCCCNC(=O)C1CCC1.